The molecule has 1 atom stereocenters. The summed E-state index contributed by atoms with van der Waals surface area (Å²) in [5.74, 6) is 0.467. The molecule has 1 unspecified atom stereocenters. The zero-order valence-corrected chi connectivity index (χ0v) is 15.5. The van der Waals surface area contributed by atoms with E-state index in [1.54, 1.807) is 24.5 Å². The average molecular weight is 379 g/mol. The number of benzene rings is 1. The monoisotopic (exact) mass is 379 g/mol. The van der Waals surface area contributed by atoms with E-state index < -0.39 is 0 Å². The highest BCUT2D eigenvalue weighted by Crippen LogP contribution is 2.24. The number of carbonyl (C=O) groups excluding carboxylic acids is 1. The van der Waals surface area contributed by atoms with E-state index in [0.29, 0.717) is 38.5 Å². The predicted molar refractivity (Wildman–Crippen MR) is 104 cm³/mol. The molecule has 0 N–H and O–H groups in total. The van der Waals surface area contributed by atoms with Crippen LogP contribution in [0.25, 0.3) is 0 Å². The molecular formula is C21H22FN5O. The van der Waals surface area contributed by atoms with E-state index in [2.05, 4.69) is 14.9 Å². The van der Waals surface area contributed by atoms with Gasteiger partial charge in [-0.2, -0.15) is 0 Å². The van der Waals surface area contributed by atoms with Gasteiger partial charge in [0.05, 0.1) is 12.5 Å². The number of carbonyl (C=O) groups is 1. The maximum atomic E-state index is 13.7. The molecule has 1 aromatic carbocycles. The molecular weight excluding hydrogens is 357 g/mol. The smallest absolute Gasteiger partial charge is 0.225 e. The van der Waals surface area contributed by atoms with Crippen LogP contribution in [0.2, 0.25) is 0 Å². The Balaban J connectivity index is 1.44. The first kappa shape index (κ1) is 18.2. The number of nitrogens with zero attached hydrogens (tertiary/aromatic N) is 5. The summed E-state index contributed by atoms with van der Waals surface area (Å²) in [5, 5.41) is 0. The van der Waals surface area contributed by atoms with E-state index in [-0.39, 0.29) is 17.8 Å². The molecule has 144 valence electrons. The van der Waals surface area contributed by atoms with Crippen molar-refractivity contribution in [3.05, 3.63) is 78.6 Å². The first-order valence-corrected chi connectivity index (χ1v) is 9.38. The Bertz CT molecular complexity index is 908. The van der Waals surface area contributed by atoms with E-state index in [1.165, 1.54) is 12.1 Å². The maximum Gasteiger partial charge on any atom is 0.225 e. The Kier molecular flexibility index (Phi) is 5.32. The van der Waals surface area contributed by atoms with Crippen molar-refractivity contribution in [3.63, 3.8) is 0 Å². The zero-order valence-electron chi connectivity index (χ0n) is 15.5. The Morgan fingerprint density at radius 3 is 2.39 bits per heavy atom. The van der Waals surface area contributed by atoms with Gasteiger partial charge in [0.1, 0.15) is 5.82 Å². The molecule has 3 heterocycles. The zero-order chi connectivity index (χ0) is 19.3. The van der Waals surface area contributed by atoms with E-state index >= 15 is 0 Å². The van der Waals surface area contributed by atoms with Gasteiger partial charge < -0.3 is 14.4 Å². The third-order valence-corrected chi connectivity index (χ3v) is 5.06. The molecule has 1 aliphatic heterocycles. The number of rotatable bonds is 5. The Labute approximate surface area is 163 Å². The van der Waals surface area contributed by atoms with Crippen molar-refractivity contribution in [3.8, 4) is 0 Å². The summed E-state index contributed by atoms with van der Waals surface area (Å²) >= 11 is 0. The quantitative estimate of drug-likeness (QED) is 0.684. The van der Waals surface area contributed by atoms with Gasteiger partial charge in [0.15, 0.2) is 0 Å². The first-order valence-electron chi connectivity index (χ1n) is 9.38. The number of hydrogen-bond donors (Lipinski definition) is 0. The lowest BCUT2D eigenvalue weighted by Gasteiger charge is -2.35. The van der Waals surface area contributed by atoms with Crippen molar-refractivity contribution in [1.29, 1.82) is 0 Å². The van der Waals surface area contributed by atoms with Gasteiger partial charge in [0.2, 0.25) is 11.9 Å². The Morgan fingerprint density at radius 1 is 1.00 bits per heavy atom. The molecule has 2 aromatic heterocycles. The van der Waals surface area contributed by atoms with Gasteiger partial charge in [-0.25, -0.2) is 14.4 Å². The molecule has 3 aromatic rings. The molecule has 0 radical (unpaired) electrons. The van der Waals surface area contributed by atoms with Crippen LogP contribution >= 0.6 is 0 Å². The number of hydrogen-bond acceptors (Lipinski definition) is 4. The Hall–Kier alpha value is -3.22. The minimum atomic E-state index is -0.293. The lowest BCUT2D eigenvalue weighted by atomic mass is 10.0. The van der Waals surface area contributed by atoms with Crippen LogP contribution in [-0.4, -0.2) is 51.5 Å². The summed E-state index contributed by atoms with van der Waals surface area (Å²) in [6.45, 7) is 2.64. The summed E-state index contributed by atoms with van der Waals surface area (Å²) in [6.07, 6.45) is 7.56. The van der Waals surface area contributed by atoms with Crippen LogP contribution in [0.15, 0.2) is 67.3 Å². The van der Waals surface area contributed by atoms with E-state index in [4.69, 9.17) is 0 Å². The summed E-state index contributed by atoms with van der Waals surface area (Å²) in [7, 11) is 0. The van der Waals surface area contributed by atoms with Crippen LogP contribution in [-0.2, 0) is 4.79 Å². The van der Waals surface area contributed by atoms with Crippen LogP contribution in [0.5, 0.6) is 0 Å². The van der Waals surface area contributed by atoms with Crippen LogP contribution < -0.4 is 4.90 Å². The van der Waals surface area contributed by atoms with Crippen molar-refractivity contribution in [2.45, 2.75) is 12.5 Å². The lowest BCUT2D eigenvalue weighted by Crippen LogP contribution is -2.49. The number of anilines is 1. The fourth-order valence-electron chi connectivity index (χ4n) is 3.57. The molecule has 0 bridgehead atoms. The number of piperazine rings is 1. The molecule has 1 saturated heterocycles. The highest BCUT2D eigenvalue weighted by molar-refractivity contribution is 5.77. The van der Waals surface area contributed by atoms with Crippen molar-refractivity contribution < 1.29 is 9.18 Å². The largest absolute Gasteiger partial charge is 0.346 e. The summed E-state index contributed by atoms with van der Waals surface area (Å²) in [5.41, 5.74) is 0.792. The summed E-state index contributed by atoms with van der Waals surface area (Å²) in [4.78, 5) is 25.5. The van der Waals surface area contributed by atoms with Crippen LogP contribution in [0, 0.1) is 5.82 Å². The van der Waals surface area contributed by atoms with E-state index in [9.17, 15) is 9.18 Å². The molecule has 1 amide bonds. The summed E-state index contributed by atoms with van der Waals surface area (Å²) < 4.78 is 15.7. The van der Waals surface area contributed by atoms with Gasteiger partial charge in [0.25, 0.3) is 0 Å². The predicted octanol–water partition coefficient (Wildman–Crippen LogP) is 2.75. The molecule has 6 nitrogen and oxygen atoms in total. The second-order valence-electron chi connectivity index (χ2n) is 6.82. The molecule has 28 heavy (non-hydrogen) atoms. The van der Waals surface area contributed by atoms with E-state index in [1.807, 2.05) is 40.1 Å². The number of aromatic nitrogens is 3. The van der Waals surface area contributed by atoms with Gasteiger partial charge in [-0.1, -0.05) is 12.1 Å². The van der Waals surface area contributed by atoms with Gasteiger partial charge in [-0.15, -0.1) is 0 Å². The normalized spacial score (nSPS) is 15.5. The fraction of sp³-hybridized carbons (Fsp3) is 0.286. The molecule has 0 saturated carbocycles. The van der Waals surface area contributed by atoms with Gasteiger partial charge in [-0.05, 0) is 35.9 Å². The Morgan fingerprint density at radius 2 is 1.71 bits per heavy atom. The second-order valence-corrected chi connectivity index (χ2v) is 6.82. The molecule has 0 aliphatic carbocycles. The lowest BCUT2D eigenvalue weighted by molar-refractivity contribution is -0.132. The second kappa shape index (κ2) is 8.21. The van der Waals surface area contributed by atoms with Gasteiger partial charge in [-0.3, -0.25) is 4.79 Å². The highest BCUT2D eigenvalue weighted by Gasteiger charge is 2.26. The standard InChI is InChI=1S/C21H22FN5O/c22-18-6-3-5-17(15-18)19(25-9-1-2-10-25)16-20(28)26-11-13-27(14-12-26)21-23-7-4-8-24-21/h1-10,15,19H,11-14,16H2. The number of halogens is 1. The van der Waals surface area contributed by atoms with Crippen LogP contribution in [0.3, 0.4) is 0 Å². The van der Waals surface area contributed by atoms with E-state index in [0.717, 1.165) is 5.56 Å². The van der Waals surface area contributed by atoms with Crippen LogP contribution in [0.4, 0.5) is 10.3 Å². The van der Waals surface area contributed by atoms with Gasteiger partial charge in [0, 0.05) is 51.0 Å². The molecule has 0 spiro atoms. The minimum absolute atomic E-state index is 0.0663. The highest BCUT2D eigenvalue weighted by atomic mass is 19.1. The van der Waals surface area contributed by atoms with Gasteiger partial charge >= 0.3 is 0 Å². The SMILES string of the molecule is O=C(CC(c1cccc(F)c1)n1cccc1)N1CCN(c2ncccn2)CC1. The van der Waals surface area contributed by atoms with Crippen molar-refractivity contribution in [1.82, 2.24) is 19.4 Å². The molecule has 1 aliphatic rings. The first-order chi connectivity index (χ1) is 13.7. The molecule has 1 fully saturated rings. The number of amides is 1. The van der Waals surface area contributed by atoms with Crippen molar-refractivity contribution >= 4 is 11.9 Å². The van der Waals surface area contributed by atoms with Crippen LogP contribution in [0.1, 0.15) is 18.0 Å². The summed E-state index contributed by atoms with van der Waals surface area (Å²) in [6, 6.07) is 11.9. The molecule has 7 heteroatoms. The van der Waals surface area contributed by atoms with Crippen molar-refractivity contribution in [2.75, 3.05) is 31.1 Å². The topological polar surface area (TPSA) is 54.3 Å². The minimum Gasteiger partial charge on any atom is -0.346 e. The van der Waals surface area contributed by atoms with Crippen molar-refractivity contribution in [2.24, 2.45) is 0 Å². The maximum absolute atomic E-state index is 13.7. The molecule has 4 rings (SSSR count). The fourth-order valence-corrected chi connectivity index (χ4v) is 3.57. The average Bonchev–Trinajstić information content (AvgIpc) is 3.27. The third kappa shape index (κ3) is 4.03. The third-order valence-electron chi connectivity index (χ3n) is 5.06.